The summed E-state index contributed by atoms with van der Waals surface area (Å²) < 4.78 is 30.5. The molecule has 0 aromatic heterocycles. The Labute approximate surface area is 153 Å². The lowest BCUT2D eigenvalue weighted by Gasteiger charge is -2.14. The van der Waals surface area contributed by atoms with E-state index in [0.717, 1.165) is 11.3 Å². The van der Waals surface area contributed by atoms with Gasteiger partial charge in [0.25, 0.3) is 0 Å². The Morgan fingerprint density at radius 2 is 1.73 bits per heavy atom. The number of benzene rings is 2. The number of carboxylic acids is 1. The van der Waals surface area contributed by atoms with Gasteiger partial charge in [-0.25, -0.2) is 8.42 Å². The van der Waals surface area contributed by atoms with Gasteiger partial charge in [0, 0.05) is 18.8 Å². The van der Waals surface area contributed by atoms with Crippen LogP contribution in [-0.2, 0) is 19.4 Å². The summed E-state index contributed by atoms with van der Waals surface area (Å²) in [7, 11) is -3.95. The number of nitrogens with one attached hydrogen (secondary N) is 1. The minimum Gasteiger partial charge on any atom is -0.480 e. The topological polar surface area (TPSA) is 92.7 Å². The van der Waals surface area contributed by atoms with E-state index < -0.39 is 21.1 Å². The van der Waals surface area contributed by atoms with Crippen LogP contribution in [0.3, 0.4) is 0 Å². The Morgan fingerprint density at radius 1 is 1.08 bits per heavy atom. The van der Waals surface area contributed by atoms with Crippen LogP contribution in [0.2, 0.25) is 0 Å². The van der Waals surface area contributed by atoms with E-state index in [4.69, 9.17) is 4.74 Å². The number of carbonyl (C=O) groups is 1. The van der Waals surface area contributed by atoms with Crippen LogP contribution in [0.5, 0.6) is 0 Å². The van der Waals surface area contributed by atoms with Crippen molar-refractivity contribution in [3.05, 3.63) is 60.2 Å². The first-order valence-corrected chi connectivity index (χ1v) is 9.86. The molecule has 140 valence electrons. The van der Waals surface area contributed by atoms with Crippen LogP contribution in [0.1, 0.15) is 12.0 Å². The first-order valence-electron chi connectivity index (χ1n) is 8.31. The van der Waals surface area contributed by atoms with E-state index >= 15 is 0 Å². The van der Waals surface area contributed by atoms with Gasteiger partial charge in [0.1, 0.15) is 0 Å². The molecule has 7 heteroatoms. The van der Waals surface area contributed by atoms with Crippen LogP contribution >= 0.6 is 0 Å². The van der Waals surface area contributed by atoms with E-state index in [0.29, 0.717) is 13.2 Å². The molecule has 2 aromatic rings. The number of carboxylic acid groups (broad SMARTS) is 1. The van der Waals surface area contributed by atoms with Crippen molar-refractivity contribution in [2.24, 2.45) is 0 Å². The second-order valence-electron chi connectivity index (χ2n) is 5.88. The average Bonchev–Trinajstić information content (AvgIpc) is 2.61. The molecule has 0 aliphatic heterocycles. The van der Waals surface area contributed by atoms with Gasteiger partial charge in [-0.15, -0.1) is 0 Å². The number of sulfone groups is 1. The minimum absolute atomic E-state index is 0.0150. The monoisotopic (exact) mass is 377 g/mol. The SMILES string of the molecule is Cc1ccc(S(=O)(=O)C(CCOCCNc2ccccc2)C(=O)O)cc1. The molecule has 0 bridgehead atoms. The molecule has 1 unspecified atom stereocenters. The van der Waals surface area contributed by atoms with E-state index in [1.807, 2.05) is 37.3 Å². The van der Waals surface area contributed by atoms with Crippen molar-refractivity contribution in [2.45, 2.75) is 23.5 Å². The first-order chi connectivity index (χ1) is 12.4. The van der Waals surface area contributed by atoms with Gasteiger partial charge in [-0.3, -0.25) is 4.79 Å². The van der Waals surface area contributed by atoms with Gasteiger partial charge in [0.15, 0.2) is 15.1 Å². The van der Waals surface area contributed by atoms with Crippen LogP contribution in [0.15, 0.2) is 59.5 Å². The Balaban J connectivity index is 1.84. The number of hydrogen-bond acceptors (Lipinski definition) is 5. The third kappa shape index (κ3) is 5.57. The standard InChI is InChI=1S/C19H23NO5S/c1-15-7-9-17(10-8-15)26(23,24)18(19(21)22)11-13-25-14-12-20-16-5-3-2-4-6-16/h2-10,18,20H,11-14H2,1H3,(H,21,22). The van der Waals surface area contributed by atoms with E-state index in [-0.39, 0.29) is 17.9 Å². The van der Waals surface area contributed by atoms with Crippen LogP contribution in [0.25, 0.3) is 0 Å². The number of aliphatic carboxylic acids is 1. The lowest BCUT2D eigenvalue weighted by molar-refractivity contribution is -0.136. The highest BCUT2D eigenvalue weighted by molar-refractivity contribution is 7.92. The fraction of sp³-hybridized carbons (Fsp3) is 0.316. The average molecular weight is 377 g/mol. The van der Waals surface area contributed by atoms with E-state index in [1.54, 1.807) is 12.1 Å². The highest BCUT2D eigenvalue weighted by atomic mass is 32.2. The Morgan fingerprint density at radius 3 is 2.35 bits per heavy atom. The molecule has 1 atom stereocenters. The predicted octanol–water partition coefficient (Wildman–Crippen LogP) is 2.74. The minimum atomic E-state index is -3.95. The van der Waals surface area contributed by atoms with Crippen molar-refractivity contribution in [2.75, 3.05) is 25.1 Å². The molecule has 0 saturated heterocycles. The third-order valence-electron chi connectivity index (χ3n) is 3.87. The summed E-state index contributed by atoms with van der Waals surface area (Å²) in [5.74, 6) is -1.36. The molecule has 6 nitrogen and oxygen atoms in total. The van der Waals surface area contributed by atoms with Gasteiger partial charge < -0.3 is 15.2 Å². The first kappa shape index (κ1) is 19.9. The number of anilines is 1. The molecular formula is C19H23NO5S. The molecule has 0 aliphatic carbocycles. The van der Waals surface area contributed by atoms with E-state index in [9.17, 15) is 18.3 Å². The number of ether oxygens (including phenoxy) is 1. The largest absolute Gasteiger partial charge is 0.480 e. The zero-order chi connectivity index (χ0) is 19.0. The van der Waals surface area contributed by atoms with E-state index in [1.165, 1.54) is 12.1 Å². The summed E-state index contributed by atoms with van der Waals surface area (Å²) in [6.45, 7) is 2.79. The fourth-order valence-electron chi connectivity index (χ4n) is 2.42. The quantitative estimate of drug-likeness (QED) is 0.619. The number of aryl methyl sites for hydroxylation is 1. The number of para-hydroxylation sites is 1. The van der Waals surface area contributed by atoms with E-state index in [2.05, 4.69) is 5.32 Å². The molecule has 0 aliphatic rings. The maximum atomic E-state index is 12.5. The predicted molar refractivity (Wildman–Crippen MR) is 100 cm³/mol. The third-order valence-corrected chi connectivity index (χ3v) is 5.99. The van der Waals surface area contributed by atoms with Crippen molar-refractivity contribution in [3.63, 3.8) is 0 Å². The second-order valence-corrected chi connectivity index (χ2v) is 8.01. The summed E-state index contributed by atoms with van der Waals surface area (Å²) in [6.07, 6.45) is -0.100. The summed E-state index contributed by atoms with van der Waals surface area (Å²) in [5.41, 5.74) is 1.87. The zero-order valence-electron chi connectivity index (χ0n) is 14.6. The van der Waals surface area contributed by atoms with Crippen LogP contribution in [0.4, 0.5) is 5.69 Å². The molecule has 0 saturated carbocycles. The number of rotatable bonds is 10. The van der Waals surface area contributed by atoms with Gasteiger partial charge in [-0.1, -0.05) is 35.9 Å². The number of hydrogen-bond donors (Lipinski definition) is 2. The molecule has 2 aromatic carbocycles. The summed E-state index contributed by atoms with van der Waals surface area (Å²) in [6, 6.07) is 15.8. The zero-order valence-corrected chi connectivity index (χ0v) is 15.4. The molecule has 0 heterocycles. The highest BCUT2D eigenvalue weighted by Gasteiger charge is 2.33. The normalized spacial score (nSPS) is 12.5. The smallest absolute Gasteiger partial charge is 0.322 e. The van der Waals surface area contributed by atoms with Gasteiger partial charge in [0.2, 0.25) is 0 Å². The van der Waals surface area contributed by atoms with Crippen molar-refractivity contribution in [1.29, 1.82) is 0 Å². The van der Waals surface area contributed by atoms with Gasteiger partial charge in [0.05, 0.1) is 11.5 Å². The van der Waals surface area contributed by atoms with Crippen LogP contribution in [0, 0.1) is 6.92 Å². The fourth-order valence-corrected chi connectivity index (χ4v) is 3.94. The summed E-state index contributed by atoms with van der Waals surface area (Å²) in [4.78, 5) is 11.5. The maximum absolute atomic E-state index is 12.5. The molecule has 0 radical (unpaired) electrons. The molecule has 26 heavy (non-hydrogen) atoms. The molecule has 2 rings (SSSR count). The second kappa shape index (κ2) is 9.35. The van der Waals surface area contributed by atoms with Crippen molar-refractivity contribution < 1.29 is 23.1 Å². The van der Waals surface area contributed by atoms with Gasteiger partial charge in [-0.2, -0.15) is 0 Å². The van der Waals surface area contributed by atoms with Gasteiger partial charge >= 0.3 is 5.97 Å². The molecular weight excluding hydrogens is 354 g/mol. The van der Waals surface area contributed by atoms with Gasteiger partial charge in [-0.05, 0) is 37.6 Å². The van der Waals surface area contributed by atoms with Crippen molar-refractivity contribution >= 4 is 21.5 Å². The van der Waals surface area contributed by atoms with Crippen LogP contribution in [-0.4, -0.2) is 44.5 Å². The summed E-state index contributed by atoms with van der Waals surface area (Å²) in [5, 5.41) is 11.0. The summed E-state index contributed by atoms with van der Waals surface area (Å²) >= 11 is 0. The Hall–Kier alpha value is -2.38. The molecule has 0 spiro atoms. The Kier molecular flexibility index (Phi) is 7.17. The molecule has 0 fully saturated rings. The molecule has 0 amide bonds. The van der Waals surface area contributed by atoms with Crippen LogP contribution < -0.4 is 5.32 Å². The lowest BCUT2D eigenvalue weighted by Crippen LogP contribution is -2.31. The lowest BCUT2D eigenvalue weighted by atomic mass is 10.2. The Bertz CT molecular complexity index is 804. The van der Waals surface area contributed by atoms with Crippen molar-refractivity contribution in [3.8, 4) is 0 Å². The highest BCUT2D eigenvalue weighted by Crippen LogP contribution is 2.19. The maximum Gasteiger partial charge on any atom is 0.322 e. The van der Waals surface area contributed by atoms with Crippen molar-refractivity contribution in [1.82, 2.24) is 0 Å². The molecule has 2 N–H and O–H groups in total.